The predicted molar refractivity (Wildman–Crippen MR) is 50.1 cm³/mol. The van der Waals surface area contributed by atoms with Crippen LogP contribution in [-0.2, 0) is 6.42 Å². The number of hydrogen-bond acceptors (Lipinski definition) is 5. The van der Waals surface area contributed by atoms with E-state index in [-0.39, 0.29) is 6.42 Å². The largest absolute Gasteiger partial charge is 0.385 e. The summed E-state index contributed by atoms with van der Waals surface area (Å²) in [5.41, 5.74) is 6.24. The molecular weight excluding hydrogens is 186 g/mol. The Bertz CT molecular complexity index is 305. The van der Waals surface area contributed by atoms with Gasteiger partial charge >= 0.3 is 0 Å². The summed E-state index contributed by atoms with van der Waals surface area (Å²) in [6.45, 7) is 0.553. The normalized spacial score (nSPS) is 12.4. The highest BCUT2D eigenvalue weighted by Gasteiger charge is 2.11. The monoisotopic (exact) mass is 197 g/mol. The third kappa shape index (κ3) is 2.77. The van der Waals surface area contributed by atoms with Crippen LogP contribution < -0.4 is 5.73 Å². The number of thiazole rings is 1. The van der Waals surface area contributed by atoms with Gasteiger partial charge in [0.2, 0.25) is 0 Å². The Balaban J connectivity index is 2.63. The van der Waals surface area contributed by atoms with E-state index < -0.39 is 6.10 Å². The zero-order valence-corrected chi connectivity index (χ0v) is 7.92. The van der Waals surface area contributed by atoms with Crippen LogP contribution in [0.25, 0.3) is 0 Å². The van der Waals surface area contributed by atoms with Crippen molar-refractivity contribution >= 4 is 11.3 Å². The summed E-state index contributed by atoms with van der Waals surface area (Å²) < 4.78 is 0. The predicted octanol–water partition coefficient (Wildman–Crippen LogP) is 0.591. The molecule has 13 heavy (non-hydrogen) atoms. The fraction of sp³-hybridized carbons (Fsp3) is 0.500. The molecule has 0 radical (unpaired) electrons. The van der Waals surface area contributed by atoms with Crippen LogP contribution in [0.1, 0.15) is 23.2 Å². The van der Waals surface area contributed by atoms with Crippen molar-refractivity contribution in [1.82, 2.24) is 4.98 Å². The van der Waals surface area contributed by atoms with E-state index in [0.717, 1.165) is 12.1 Å². The minimum Gasteiger partial charge on any atom is -0.385 e. The number of nitriles is 1. The van der Waals surface area contributed by atoms with Gasteiger partial charge < -0.3 is 10.8 Å². The molecule has 0 aliphatic carbocycles. The first-order valence-electron chi connectivity index (χ1n) is 3.97. The second-order valence-electron chi connectivity index (χ2n) is 2.59. The molecule has 0 aliphatic rings. The Morgan fingerprint density at radius 2 is 2.54 bits per heavy atom. The molecule has 1 unspecified atom stereocenters. The molecule has 3 N–H and O–H groups in total. The fourth-order valence-corrected chi connectivity index (χ4v) is 1.75. The van der Waals surface area contributed by atoms with E-state index in [1.54, 1.807) is 0 Å². The van der Waals surface area contributed by atoms with Gasteiger partial charge in [-0.15, -0.1) is 11.3 Å². The summed E-state index contributed by atoms with van der Waals surface area (Å²) in [5, 5.41) is 20.2. The van der Waals surface area contributed by atoms with Crippen molar-refractivity contribution in [2.75, 3.05) is 6.54 Å². The highest BCUT2D eigenvalue weighted by atomic mass is 32.1. The van der Waals surface area contributed by atoms with Crippen molar-refractivity contribution in [2.24, 2.45) is 5.73 Å². The Morgan fingerprint density at radius 3 is 3.15 bits per heavy atom. The van der Waals surface area contributed by atoms with Crippen LogP contribution in [0.2, 0.25) is 0 Å². The van der Waals surface area contributed by atoms with Crippen LogP contribution in [0.3, 0.4) is 0 Å². The molecule has 0 fully saturated rings. The standard InChI is InChI=1S/C8H11N3OS/c9-3-1-6-5-13-8(11-6)7(12)2-4-10/h5,7,12H,1-3,9H2. The number of aliphatic hydroxyl groups is 1. The third-order valence-electron chi connectivity index (χ3n) is 1.54. The molecule has 5 heteroatoms. The summed E-state index contributed by atoms with van der Waals surface area (Å²) >= 11 is 1.37. The first-order valence-corrected chi connectivity index (χ1v) is 4.85. The molecule has 0 saturated heterocycles. The molecule has 0 bridgehead atoms. The Kier molecular flexibility index (Phi) is 3.83. The lowest BCUT2D eigenvalue weighted by Gasteiger charge is -1.99. The number of aromatic nitrogens is 1. The molecule has 4 nitrogen and oxygen atoms in total. The zero-order valence-electron chi connectivity index (χ0n) is 7.10. The van der Waals surface area contributed by atoms with Crippen LogP contribution >= 0.6 is 11.3 Å². The fourth-order valence-electron chi connectivity index (χ4n) is 0.912. The molecule has 0 saturated carbocycles. The van der Waals surface area contributed by atoms with Gasteiger partial charge in [0.15, 0.2) is 0 Å². The summed E-state index contributed by atoms with van der Waals surface area (Å²) in [7, 11) is 0. The maximum atomic E-state index is 9.40. The number of hydrogen-bond donors (Lipinski definition) is 2. The third-order valence-corrected chi connectivity index (χ3v) is 2.53. The van der Waals surface area contributed by atoms with Gasteiger partial charge in [-0.1, -0.05) is 0 Å². The first-order chi connectivity index (χ1) is 6.27. The lowest BCUT2D eigenvalue weighted by Crippen LogP contribution is -2.03. The molecule has 1 atom stereocenters. The Morgan fingerprint density at radius 1 is 1.77 bits per heavy atom. The van der Waals surface area contributed by atoms with E-state index in [4.69, 9.17) is 11.0 Å². The molecule has 1 heterocycles. The number of rotatable bonds is 4. The Hall–Kier alpha value is -0.960. The van der Waals surface area contributed by atoms with Gasteiger partial charge in [-0.05, 0) is 6.54 Å². The summed E-state index contributed by atoms with van der Waals surface area (Å²) in [5.74, 6) is 0. The highest BCUT2D eigenvalue weighted by molar-refractivity contribution is 7.09. The quantitative estimate of drug-likeness (QED) is 0.740. The number of aliphatic hydroxyl groups excluding tert-OH is 1. The van der Waals surface area contributed by atoms with Gasteiger partial charge in [0.05, 0.1) is 18.2 Å². The van der Waals surface area contributed by atoms with Crippen LogP contribution in [-0.4, -0.2) is 16.6 Å². The topological polar surface area (TPSA) is 82.9 Å². The SMILES string of the molecule is N#CCC(O)c1nc(CCN)cs1. The number of nitrogens with zero attached hydrogens (tertiary/aromatic N) is 2. The van der Waals surface area contributed by atoms with E-state index in [2.05, 4.69) is 4.98 Å². The lowest BCUT2D eigenvalue weighted by molar-refractivity contribution is 0.183. The Labute approximate surface area is 80.6 Å². The van der Waals surface area contributed by atoms with Crippen molar-refractivity contribution in [2.45, 2.75) is 18.9 Å². The molecule has 0 amide bonds. The van der Waals surface area contributed by atoms with Crippen LogP contribution in [0.15, 0.2) is 5.38 Å². The summed E-state index contributed by atoms with van der Waals surface area (Å²) in [6, 6.07) is 1.90. The highest BCUT2D eigenvalue weighted by Crippen LogP contribution is 2.20. The van der Waals surface area contributed by atoms with Gasteiger partial charge in [0, 0.05) is 11.8 Å². The molecule has 0 aliphatic heterocycles. The minimum atomic E-state index is -0.749. The van der Waals surface area contributed by atoms with Crippen LogP contribution in [0.5, 0.6) is 0 Å². The maximum Gasteiger partial charge on any atom is 0.123 e. The van der Waals surface area contributed by atoms with E-state index in [0.29, 0.717) is 11.6 Å². The van der Waals surface area contributed by atoms with Crippen LogP contribution in [0, 0.1) is 11.3 Å². The summed E-state index contributed by atoms with van der Waals surface area (Å²) in [6.07, 6.45) is 0.0623. The van der Waals surface area contributed by atoms with Gasteiger partial charge in [-0.2, -0.15) is 5.26 Å². The molecule has 70 valence electrons. The van der Waals surface area contributed by atoms with Gasteiger partial charge in [-0.3, -0.25) is 0 Å². The zero-order chi connectivity index (χ0) is 9.68. The average Bonchev–Trinajstić information content (AvgIpc) is 2.54. The molecule has 1 aromatic heterocycles. The van der Waals surface area contributed by atoms with Crippen molar-refractivity contribution in [3.8, 4) is 6.07 Å². The first kappa shape index (κ1) is 10.1. The van der Waals surface area contributed by atoms with E-state index in [9.17, 15) is 5.11 Å². The van der Waals surface area contributed by atoms with Gasteiger partial charge in [-0.25, -0.2) is 4.98 Å². The smallest absolute Gasteiger partial charge is 0.123 e. The average molecular weight is 197 g/mol. The number of nitrogens with two attached hydrogens (primary N) is 1. The van der Waals surface area contributed by atoms with E-state index >= 15 is 0 Å². The maximum absolute atomic E-state index is 9.40. The molecule has 1 aromatic rings. The minimum absolute atomic E-state index is 0.0928. The molecular formula is C8H11N3OS. The van der Waals surface area contributed by atoms with E-state index in [1.165, 1.54) is 11.3 Å². The summed E-state index contributed by atoms with van der Waals surface area (Å²) in [4.78, 5) is 4.16. The lowest BCUT2D eigenvalue weighted by atomic mass is 10.3. The van der Waals surface area contributed by atoms with Crippen molar-refractivity contribution < 1.29 is 5.11 Å². The van der Waals surface area contributed by atoms with E-state index in [1.807, 2.05) is 11.4 Å². The van der Waals surface area contributed by atoms with Crippen LogP contribution in [0.4, 0.5) is 0 Å². The van der Waals surface area contributed by atoms with Gasteiger partial charge in [0.1, 0.15) is 11.1 Å². The molecule has 1 rings (SSSR count). The molecule has 0 spiro atoms. The van der Waals surface area contributed by atoms with Crippen molar-refractivity contribution in [3.63, 3.8) is 0 Å². The van der Waals surface area contributed by atoms with Gasteiger partial charge in [0.25, 0.3) is 0 Å². The van der Waals surface area contributed by atoms with Crippen molar-refractivity contribution in [3.05, 3.63) is 16.1 Å². The second kappa shape index (κ2) is 4.92. The van der Waals surface area contributed by atoms with Crippen molar-refractivity contribution in [1.29, 1.82) is 5.26 Å². The second-order valence-corrected chi connectivity index (χ2v) is 3.48. The molecule has 0 aromatic carbocycles.